The van der Waals surface area contributed by atoms with Crippen LogP contribution in [0.25, 0.3) is 0 Å². The summed E-state index contributed by atoms with van der Waals surface area (Å²) in [4.78, 5) is 9.20. The Morgan fingerprint density at radius 2 is 1.67 bits per heavy atom. The Kier molecular flexibility index (Phi) is 7.15. The number of carboxylic acid groups (broad SMARTS) is 1. The molecule has 4 nitrogen and oxygen atoms in total. The van der Waals surface area contributed by atoms with Gasteiger partial charge in [0, 0.05) is 6.54 Å². The Labute approximate surface area is 81.7 Å². The molecular weight excluding hydrogens is 229 g/mol. The molecule has 0 bridgehead atoms. The lowest BCUT2D eigenvalue weighted by Gasteiger charge is -2.13. The molecule has 0 radical (unpaired) electrons. The van der Waals surface area contributed by atoms with Crippen molar-refractivity contribution in [3.8, 4) is 0 Å². The van der Waals surface area contributed by atoms with E-state index in [9.17, 15) is 26.7 Å². The van der Waals surface area contributed by atoms with Crippen LogP contribution in [0.4, 0.5) is 22.0 Å². The molecule has 0 unspecified atom stereocenters. The normalized spacial score (nSPS) is 11.7. The van der Waals surface area contributed by atoms with E-state index in [0.29, 0.717) is 6.54 Å². The van der Waals surface area contributed by atoms with Crippen LogP contribution in [-0.4, -0.2) is 48.5 Å². The standard InChI is InChI=1S/C3HF5O2.C3H9NO/c4-2(5,1(9)10)3(6,7)8;1-4-2-3-5/h(H,9,10);4-5H,2-3H2,1H3. The molecule has 0 aromatic carbocycles. The van der Waals surface area contributed by atoms with E-state index < -0.39 is 18.1 Å². The summed E-state index contributed by atoms with van der Waals surface area (Å²) >= 11 is 0. The maximum Gasteiger partial charge on any atom is 0.465 e. The molecule has 0 rings (SSSR count). The zero-order chi connectivity index (χ0) is 12.7. The van der Waals surface area contributed by atoms with E-state index in [1.54, 1.807) is 7.05 Å². The van der Waals surface area contributed by atoms with Gasteiger partial charge in [0.05, 0.1) is 6.61 Å². The first kappa shape index (κ1) is 16.5. The molecule has 0 amide bonds. The fourth-order valence-corrected chi connectivity index (χ4v) is 0.233. The number of hydrogen-bond acceptors (Lipinski definition) is 3. The average Bonchev–Trinajstić information content (AvgIpc) is 2.04. The quantitative estimate of drug-likeness (QED) is 0.626. The first-order valence-corrected chi connectivity index (χ1v) is 3.54. The van der Waals surface area contributed by atoms with Gasteiger partial charge in [-0.25, -0.2) is 4.79 Å². The Bertz CT molecular complexity index is 192. The van der Waals surface area contributed by atoms with Gasteiger partial charge < -0.3 is 15.5 Å². The van der Waals surface area contributed by atoms with Crippen LogP contribution in [0.1, 0.15) is 0 Å². The second-order valence-electron chi connectivity index (χ2n) is 2.20. The van der Waals surface area contributed by atoms with E-state index in [4.69, 9.17) is 10.2 Å². The topological polar surface area (TPSA) is 69.6 Å². The third-order valence-corrected chi connectivity index (χ3v) is 0.986. The number of aliphatic hydroxyl groups excluding tert-OH is 1. The molecular formula is C6H10F5NO3. The summed E-state index contributed by atoms with van der Waals surface area (Å²) in [5.41, 5.74) is 0. The largest absolute Gasteiger partial charge is 0.477 e. The number of likely N-dealkylation sites (N-methyl/N-ethyl adjacent to an activating group) is 1. The second kappa shape index (κ2) is 6.51. The van der Waals surface area contributed by atoms with Gasteiger partial charge in [-0.2, -0.15) is 22.0 Å². The van der Waals surface area contributed by atoms with Crippen molar-refractivity contribution in [2.24, 2.45) is 0 Å². The van der Waals surface area contributed by atoms with Gasteiger partial charge >= 0.3 is 18.1 Å². The average molecular weight is 239 g/mol. The summed E-state index contributed by atoms with van der Waals surface area (Å²) in [6.45, 7) is 0.927. The summed E-state index contributed by atoms with van der Waals surface area (Å²) in [5.74, 6) is -8.84. The summed E-state index contributed by atoms with van der Waals surface area (Å²) in [5, 5.41) is 18.1. The van der Waals surface area contributed by atoms with E-state index in [1.807, 2.05) is 0 Å². The SMILES string of the molecule is CNCCO.O=C(O)C(F)(F)C(F)(F)F. The maximum atomic E-state index is 11.3. The monoisotopic (exact) mass is 239 g/mol. The smallest absolute Gasteiger partial charge is 0.465 e. The zero-order valence-corrected chi connectivity index (χ0v) is 7.61. The molecule has 0 fully saturated rings. The van der Waals surface area contributed by atoms with Crippen molar-refractivity contribution in [3.05, 3.63) is 0 Å². The van der Waals surface area contributed by atoms with Crippen LogP contribution < -0.4 is 5.32 Å². The van der Waals surface area contributed by atoms with Crippen LogP contribution in [0.15, 0.2) is 0 Å². The first-order chi connectivity index (χ1) is 6.61. The molecule has 15 heavy (non-hydrogen) atoms. The number of nitrogens with one attached hydrogen (secondary N) is 1. The number of aliphatic hydroxyl groups is 1. The Balaban J connectivity index is 0. The minimum atomic E-state index is -6.02. The molecule has 0 atom stereocenters. The van der Waals surface area contributed by atoms with Gasteiger partial charge in [-0.15, -0.1) is 0 Å². The van der Waals surface area contributed by atoms with Crippen LogP contribution in [0.5, 0.6) is 0 Å². The Hall–Kier alpha value is -0.960. The molecule has 0 heterocycles. The van der Waals surface area contributed by atoms with Gasteiger partial charge in [-0.05, 0) is 7.05 Å². The van der Waals surface area contributed by atoms with E-state index in [1.165, 1.54) is 0 Å². The lowest BCUT2D eigenvalue weighted by atomic mass is 10.3. The van der Waals surface area contributed by atoms with Crippen molar-refractivity contribution in [2.45, 2.75) is 12.1 Å². The molecule has 92 valence electrons. The highest BCUT2D eigenvalue weighted by Gasteiger charge is 2.64. The van der Waals surface area contributed by atoms with Gasteiger partial charge in [0.15, 0.2) is 0 Å². The third-order valence-electron chi connectivity index (χ3n) is 0.986. The number of carboxylic acids is 1. The molecule has 0 aromatic rings. The Morgan fingerprint density at radius 3 is 1.67 bits per heavy atom. The molecule has 0 spiro atoms. The van der Waals surface area contributed by atoms with Crippen molar-refractivity contribution in [2.75, 3.05) is 20.2 Å². The fraction of sp³-hybridized carbons (Fsp3) is 0.833. The van der Waals surface area contributed by atoms with Crippen LogP contribution in [0, 0.1) is 0 Å². The lowest BCUT2D eigenvalue weighted by Crippen LogP contribution is -2.43. The summed E-state index contributed by atoms with van der Waals surface area (Å²) in [6, 6.07) is 0. The van der Waals surface area contributed by atoms with Gasteiger partial charge in [0.2, 0.25) is 0 Å². The minimum Gasteiger partial charge on any atom is -0.477 e. The van der Waals surface area contributed by atoms with E-state index >= 15 is 0 Å². The highest BCUT2D eigenvalue weighted by Crippen LogP contribution is 2.35. The van der Waals surface area contributed by atoms with E-state index in [-0.39, 0.29) is 6.61 Å². The molecule has 0 saturated carbocycles. The molecule has 3 N–H and O–H groups in total. The maximum absolute atomic E-state index is 11.3. The zero-order valence-electron chi connectivity index (χ0n) is 7.61. The molecule has 9 heteroatoms. The van der Waals surface area contributed by atoms with Crippen molar-refractivity contribution < 1.29 is 37.0 Å². The highest BCUT2D eigenvalue weighted by atomic mass is 19.4. The van der Waals surface area contributed by atoms with Gasteiger partial charge in [-0.1, -0.05) is 0 Å². The van der Waals surface area contributed by atoms with Crippen molar-refractivity contribution >= 4 is 5.97 Å². The molecule has 0 aromatic heterocycles. The van der Waals surface area contributed by atoms with Gasteiger partial charge in [-0.3, -0.25) is 0 Å². The number of hydrogen-bond donors (Lipinski definition) is 3. The number of aliphatic carboxylic acids is 1. The summed E-state index contributed by atoms with van der Waals surface area (Å²) in [7, 11) is 1.80. The van der Waals surface area contributed by atoms with Crippen LogP contribution >= 0.6 is 0 Å². The fourth-order valence-electron chi connectivity index (χ4n) is 0.233. The van der Waals surface area contributed by atoms with E-state index in [2.05, 4.69) is 5.32 Å². The van der Waals surface area contributed by atoms with Crippen LogP contribution in [0.2, 0.25) is 0 Å². The van der Waals surface area contributed by atoms with Crippen LogP contribution in [-0.2, 0) is 4.79 Å². The Morgan fingerprint density at radius 1 is 1.27 bits per heavy atom. The first-order valence-electron chi connectivity index (χ1n) is 3.54. The van der Waals surface area contributed by atoms with Crippen LogP contribution in [0.3, 0.4) is 0 Å². The molecule has 0 aliphatic carbocycles. The predicted octanol–water partition coefficient (Wildman–Crippen LogP) is 0.467. The summed E-state index contributed by atoms with van der Waals surface area (Å²) < 4.78 is 55.5. The highest BCUT2D eigenvalue weighted by molar-refractivity contribution is 5.76. The second-order valence-corrected chi connectivity index (χ2v) is 2.20. The van der Waals surface area contributed by atoms with Crippen molar-refractivity contribution in [3.63, 3.8) is 0 Å². The third kappa shape index (κ3) is 6.18. The molecule has 0 saturated heterocycles. The lowest BCUT2D eigenvalue weighted by molar-refractivity contribution is -0.277. The van der Waals surface area contributed by atoms with Gasteiger partial charge in [0.25, 0.3) is 0 Å². The number of halogens is 5. The molecule has 0 aliphatic rings. The number of rotatable bonds is 3. The number of alkyl halides is 5. The number of carbonyl (C=O) groups is 1. The van der Waals surface area contributed by atoms with E-state index in [0.717, 1.165) is 0 Å². The van der Waals surface area contributed by atoms with Gasteiger partial charge in [0.1, 0.15) is 0 Å². The summed E-state index contributed by atoms with van der Waals surface area (Å²) in [6.07, 6.45) is -6.02. The molecule has 0 aliphatic heterocycles. The van der Waals surface area contributed by atoms with Crippen molar-refractivity contribution in [1.82, 2.24) is 5.32 Å². The minimum absolute atomic E-state index is 0.233. The predicted molar refractivity (Wildman–Crippen MR) is 39.7 cm³/mol. The van der Waals surface area contributed by atoms with Crippen molar-refractivity contribution in [1.29, 1.82) is 0 Å².